The predicted molar refractivity (Wildman–Crippen MR) is 72.9 cm³/mol. The monoisotopic (exact) mass is 268 g/mol. The van der Waals surface area contributed by atoms with Crippen LogP contribution in [0.4, 0.5) is 0 Å². The molecule has 0 unspecified atom stereocenters. The van der Waals surface area contributed by atoms with Crippen LogP contribution >= 0.6 is 0 Å². The van der Waals surface area contributed by atoms with E-state index in [2.05, 4.69) is 6.58 Å². The van der Waals surface area contributed by atoms with E-state index in [1.807, 2.05) is 19.9 Å². The summed E-state index contributed by atoms with van der Waals surface area (Å²) in [6.07, 6.45) is 3.58. The molecule has 0 saturated heterocycles. The summed E-state index contributed by atoms with van der Waals surface area (Å²) in [6, 6.07) is 6.66. The second kappa shape index (κ2) is 6.71. The van der Waals surface area contributed by atoms with E-state index in [4.69, 9.17) is 4.18 Å². The van der Waals surface area contributed by atoms with Crippen molar-refractivity contribution < 1.29 is 12.6 Å². The van der Waals surface area contributed by atoms with Crippen LogP contribution in [0.3, 0.4) is 0 Å². The zero-order chi connectivity index (χ0) is 13.6. The molecule has 0 fully saturated rings. The van der Waals surface area contributed by atoms with Crippen molar-refractivity contribution in [3.63, 3.8) is 0 Å². The lowest BCUT2D eigenvalue weighted by molar-refractivity contribution is 0.258. The first-order chi connectivity index (χ1) is 8.45. The van der Waals surface area contributed by atoms with Crippen molar-refractivity contribution in [3.05, 3.63) is 42.5 Å². The van der Waals surface area contributed by atoms with Gasteiger partial charge in [0.25, 0.3) is 10.1 Å². The molecule has 1 aromatic carbocycles. The molecule has 0 heterocycles. The van der Waals surface area contributed by atoms with Crippen molar-refractivity contribution in [2.24, 2.45) is 5.92 Å². The first kappa shape index (κ1) is 14.9. The van der Waals surface area contributed by atoms with Crippen molar-refractivity contribution in [3.8, 4) is 0 Å². The minimum Gasteiger partial charge on any atom is -0.266 e. The minimum absolute atomic E-state index is 0.197. The van der Waals surface area contributed by atoms with E-state index in [1.54, 1.807) is 24.3 Å². The molecule has 0 aromatic heterocycles. The van der Waals surface area contributed by atoms with Crippen LogP contribution in [0.5, 0.6) is 0 Å². The Morgan fingerprint density at radius 1 is 1.33 bits per heavy atom. The fraction of sp³-hybridized carbons (Fsp3) is 0.429. The molecule has 3 nitrogen and oxygen atoms in total. The molecule has 0 aliphatic heterocycles. The fourth-order valence-corrected chi connectivity index (χ4v) is 2.48. The lowest BCUT2D eigenvalue weighted by atomic mass is 10.1. The van der Waals surface area contributed by atoms with Crippen LogP contribution < -0.4 is 0 Å². The van der Waals surface area contributed by atoms with Crippen LogP contribution in [0.2, 0.25) is 0 Å². The molecule has 1 aromatic rings. The minimum atomic E-state index is -3.62. The topological polar surface area (TPSA) is 43.4 Å². The summed E-state index contributed by atoms with van der Waals surface area (Å²) in [7, 11) is -3.62. The average molecular weight is 268 g/mol. The van der Waals surface area contributed by atoms with Crippen molar-refractivity contribution in [2.45, 2.75) is 31.6 Å². The van der Waals surface area contributed by atoms with Crippen molar-refractivity contribution >= 4 is 10.1 Å². The van der Waals surface area contributed by atoms with Gasteiger partial charge in [-0.1, -0.05) is 30.7 Å². The molecule has 1 atom stereocenters. The maximum absolute atomic E-state index is 11.9. The van der Waals surface area contributed by atoms with Gasteiger partial charge in [0.1, 0.15) is 0 Å². The third-order valence-electron chi connectivity index (χ3n) is 2.68. The van der Waals surface area contributed by atoms with Gasteiger partial charge in [0, 0.05) is 0 Å². The van der Waals surface area contributed by atoms with Gasteiger partial charge in [-0.15, -0.1) is 6.58 Å². The zero-order valence-electron chi connectivity index (χ0n) is 10.9. The Labute approximate surface area is 110 Å². The van der Waals surface area contributed by atoms with E-state index < -0.39 is 10.1 Å². The summed E-state index contributed by atoms with van der Waals surface area (Å²) >= 11 is 0. The third kappa shape index (κ3) is 4.63. The molecule has 0 aliphatic carbocycles. The van der Waals surface area contributed by atoms with Crippen molar-refractivity contribution in [1.82, 2.24) is 0 Å². The van der Waals surface area contributed by atoms with Crippen molar-refractivity contribution in [2.75, 3.05) is 6.61 Å². The van der Waals surface area contributed by atoms with Gasteiger partial charge in [0.15, 0.2) is 0 Å². The highest BCUT2D eigenvalue weighted by Crippen LogP contribution is 2.15. The van der Waals surface area contributed by atoms with Crippen LogP contribution in [0.1, 0.15) is 25.3 Å². The Balaban J connectivity index is 2.60. The lowest BCUT2D eigenvalue weighted by Gasteiger charge is -2.11. The zero-order valence-corrected chi connectivity index (χ0v) is 11.7. The van der Waals surface area contributed by atoms with Gasteiger partial charge in [0.05, 0.1) is 11.5 Å². The number of hydrogen-bond acceptors (Lipinski definition) is 3. The molecule has 0 N–H and O–H groups in total. The lowest BCUT2D eigenvalue weighted by Crippen LogP contribution is -2.12. The number of benzene rings is 1. The molecule has 0 saturated carbocycles. The molecule has 0 bridgehead atoms. The first-order valence-corrected chi connectivity index (χ1v) is 7.43. The SMILES string of the molecule is C=CCC[C@H](C)COS(=O)(=O)c1ccc(C)cc1. The Kier molecular flexibility index (Phi) is 5.56. The quantitative estimate of drug-likeness (QED) is 0.563. The average Bonchev–Trinajstić information content (AvgIpc) is 2.34. The van der Waals surface area contributed by atoms with Gasteiger partial charge in [-0.3, -0.25) is 4.18 Å². The highest BCUT2D eigenvalue weighted by molar-refractivity contribution is 7.86. The number of aryl methyl sites for hydroxylation is 1. The molecule has 0 spiro atoms. The molecular formula is C14H20O3S. The van der Waals surface area contributed by atoms with E-state index in [1.165, 1.54) is 0 Å². The van der Waals surface area contributed by atoms with Gasteiger partial charge in [0.2, 0.25) is 0 Å². The van der Waals surface area contributed by atoms with Gasteiger partial charge in [-0.2, -0.15) is 8.42 Å². The van der Waals surface area contributed by atoms with Gasteiger partial charge in [-0.05, 0) is 37.8 Å². The second-order valence-electron chi connectivity index (χ2n) is 4.52. The summed E-state index contributed by atoms with van der Waals surface area (Å²) in [4.78, 5) is 0.212. The maximum Gasteiger partial charge on any atom is 0.296 e. The molecule has 0 aliphatic rings. The standard InChI is InChI=1S/C14H20O3S/c1-4-5-6-13(3)11-17-18(15,16)14-9-7-12(2)8-10-14/h4,7-10,13H,1,5-6,11H2,2-3H3/t13-/m0/s1. The Morgan fingerprint density at radius 3 is 2.50 bits per heavy atom. The Bertz CT molecular complexity index is 474. The molecular weight excluding hydrogens is 248 g/mol. The number of allylic oxidation sites excluding steroid dienone is 1. The summed E-state index contributed by atoms with van der Waals surface area (Å²) in [5.74, 6) is 0.197. The molecule has 1 rings (SSSR count). The smallest absolute Gasteiger partial charge is 0.266 e. The van der Waals surface area contributed by atoms with Crippen molar-refractivity contribution in [1.29, 1.82) is 0 Å². The third-order valence-corrected chi connectivity index (χ3v) is 3.98. The van der Waals surface area contributed by atoms with Crippen LogP contribution in [0.15, 0.2) is 41.8 Å². The molecule has 18 heavy (non-hydrogen) atoms. The van der Waals surface area contributed by atoms with E-state index in [9.17, 15) is 8.42 Å². The Morgan fingerprint density at radius 2 is 1.94 bits per heavy atom. The first-order valence-electron chi connectivity index (χ1n) is 6.02. The van der Waals surface area contributed by atoms with Gasteiger partial charge < -0.3 is 0 Å². The highest BCUT2D eigenvalue weighted by Gasteiger charge is 2.16. The molecule has 4 heteroatoms. The molecule has 0 radical (unpaired) electrons. The normalized spacial score (nSPS) is 13.2. The van der Waals surface area contributed by atoms with E-state index >= 15 is 0 Å². The van der Waals surface area contributed by atoms with E-state index in [0.29, 0.717) is 0 Å². The number of rotatable bonds is 7. The maximum atomic E-state index is 11.9. The van der Waals surface area contributed by atoms with Gasteiger partial charge in [-0.25, -0.2) is 0 Å². The van der Waals surface area contributed by atoms with E-state index in [0.717, 1.165) is 18.4 Å². The summed E-state index contributed by atoms with van der Waals surface area (Å²) in [6.45, 7) is 7.73. The number of hydrogen-bond donors (Lipinski definition) is 0. The Hall–Kier alpha value is -1.13. The van der Waals surface area contributed by atoms with Gasteiger partial charge >= 0.3 is 0 Å². The summed E-state index contributed by atoms with van der Waals surface area (Å²) in [5.41, 5.74) is 1.02. The summed E-state index contributed by atoms with van der Waals surface area (Å²) < 4.78 is 28.8. The second-order valence-corrected chi connectivity index (χ2v) is 6.14. The highest BCUT2D eigenvalue weighted by atomic mass is 32.2. The fourth-order valence-electron chi connectivity index (χ4n) is 1.46. The molecule has 100 valence electrons. The van der Waals surface area contributed by atoms with Crippen LogP contribution in [0.25, 0.3) is 0 Å². The van der Waals surface area contributed by atoms with Crippen LogP contribution in [-0.2, 0) is 14.3 Å². The predicted octanol–water partition coefficient (Wildman–Crippen LogP) is 3.30. The molecule has 0 amide bonds. The van der Waals surface area contributed by atoms with E-state index in [-0.39, 0.29) is 17.4 Å². The largest absolute Gasteiger partial charge is 0.296 e. The summed E-state index contributed by atoms with van der Waals surface area (Å²) in [5, 5.41) is 0. The van der Waals surface area contributed by atoms with Crippen LogP contribution in [0, 0.1) is 12.8 Å². The van der Waals surface area contributed by atoms with Crippen LogP contribution in [-0.4, -0.2) is 15.0 Å².